The van der Waals surface area contributed by atoms with E-state index in [4.69, 9.17) is 0 Å². The first-order valence-electron chi connectivity index (χ1n) is 8.53. The number of hydrogen-bond donors (Lipinski definition) is 0. The molecule has 1 aromatic heterocycles. The van der Waals surface area contributed by atoms with Crippen molar-refractivity contribution in [3.8, 4) is 0 Å². The summed E-state index contributed by atoms with van der Waals surface area (Å²) in [4.78, 5) is 17.1. The molecule has 0 bridgehead atoms. The Bertz CT molecular complexity index is 692. The summed E-state index contributed by atoms with van der Waals surface area (Å²) in [7, 11) is 0. The maximum atomic E-state index is 11.2. The van der Waals surface area contributed by atoms with E-state index in [0.717, 1.165) is 32.4 Å². The molecule has 0 saturated carbocycles. The standard InChI is InChI=1S/C19H23N3O2/c1-15-4-6-16(7-5-15)8-9-17-10-13-21(14-11-17)19-18(22(23)24)3-2-12-20-19/h2-7,12,17H,8-11,13-14H2,1H3. The van der Waals surface area contributed by atoms with E-state index in [1.165, 1.54) is 23.6 Å². The molecule has 5 heteroatoms. The Labute approximate surface area is 142 Å². The fraction of sp³-hybridized carbons (Fsp3) is 0.421. The van der Waals surface area contributed by atoms with Gasteiger partial charge in [0, 0.05) is 25.4 Å². The third-order valence-corrected chi connectivity index (χ3v) is 4.84. The number of anilines is 1. The van der Waals surface area contributed by atoms with Crippen molar-refractivity contribution in [1.29, 1.82) is 0 Å². The summed E-state index contributed by atoms with van der Waals surface area (Å²) in [6.07, 6.45) is 6.06. The summed E-state index contributed by atoms with van der Waals surface area (Å²) in [5, 5.41) is 11.2. The minimum Gasteiger partial charge on any atom is -0.351 e. The highest BCUT2D eigenvalue weighted by Gasteiger charge is 2.25. The van der Waals surface area contributed by atoms with Gasteiger partial charge in [0.2, 0.25) is 5.82 Å². The van der Waals surface area contributed by atoms with E-state index in [1.54, 1.807) is 12.3 Å². The van der Waals surface area contributed by atoms with Gasteiger partial charge in [-0.15, -0.1) is 0 Å². The zero-order valence-corrected chi connectivity index (χ0v) is 14.0. The molecule has 1 saturated heterocycles. The Kier molecular flexibility index (Phi) is 5.08. The fourth-order valence-electron chi connectivity index (χ4n) is 3.33. The average molecular weight is 325 g/mol. The van der Waals surface area contributed by atoms with Crippen LogP contribution in [-0.2, 0) is 6.42 Å². The van der Waals surface area contributed by atoms with Crippen molar-refractivity contribution in [2.24, 2.45) is 5.92 Å². The fourth-order valence-corrected chi connectivity index (χ4v) is 3.33. The Hall–Kier alpha value is -2.43. The van der Waals surface area contributed by atoms with Gasteiger partial charge >= 0.3 is 5.69 Å². The first kappa shape index (κ1) is 16.4. The van der Waals surface area contributed by atoms with Gasteiger partial charge < -0.3 is 4.90 Å². The minimum absolute atomic E-state index is 0.107. The van der Waals surface area contributed by atoms with Gasteiger partial charge in [-0.25, -0.2) is 4.98 Å². The first-order chi connectivity index (χ1) is 11.6. The molecular weight excluding hydrogens is 302 g/mol. The van der Waals surface area contributed by atoms with E-state index in [0.29, 0.717) is 11.7 Å². The molecule has 2 heterocycles. The van der Waals surface area contributed by atoms with Gasteiger partial charge in [0.05, 0.1) is 4.92 Å². The van der Waals surface area contributed by atoms with Crippen LogP contribution in [0.5, 0.6) is 0 Å². The summed E-state index contributed by atoms with van der Waals surface area (Å²) in [5.74, 6) is 1.20. The van der Waals surface area contributed by atoms with E-state index in [-0.39, 0.29) is 10.6 Å². The molecule has 1 aliphatic heterocycles. The van der Waals surface area contributed by atoms with Crippen LogP contribution in [0.2, 0.25) is 0 Å². The highest BCUT2D eigenvalue weighted by Crippen LogP contribution is 2.30. The second-order valence-corrected chi connectivity index (χ2v) is 6.56. The van der Waals surface area contributed by atoms with Crippen LogP contribution >= 0.6 is 0 Å². The molecule has 0 unspecified atom stereocenters. The van der Waals surface area contributed by atoms with E-state index < -0.39 is 0 Å². The van der Waals surface area contributed by atoms with Crippen molar-refractivity contribution in [3.63, 3.8) is 0 Å². The summed E-state index contributed by atoms with van der Waals surface area (Å²) in [6.45, 7) is 3.79. The Morgan fingerprint density at radius 1 is 1.21 bits per heavy atom. The van der Waals surface area contributed by atoms with E-state index in [1.807, 2.05) is 0 Å². The van der Waals surface area contributed by atoms with Crippen LogP contribution in [-0.4, -0.2) is 23.0 Å². The zero-order valence-electron chi connectivity index (χ0n) is 14.0. The van der Waals surface area contributed by atoms with Gasteiger partial charge in [-0.3, -0.25) is 10.1 Å². The maximum absolute atomic E-state index is 11.2. The number of rotatable bonds is 5. The van der Waals surface area contributed by atoms with Crippen LogP contribution < -0.4 is 4.90 Å². The maximum Gasteiger partial charge on any atom is 0.311 e. The van der Waals surface area contributed by atoms with E-state index in [9.17, 15) is 10.1 Å². The zero-order chi connectivity index (χ0) is 16.9. The summed E-state index contributed by atoms with van der Waals surface area (Å²) < 4.78 is 0. The number of aryl methyl sites for hydroxylation is 2. The monoisotopic (exact) mass is 325 g/mol. The number of hydrogen-bond acceptors (Lipinski definition) is 4. The van der Waals surface area contributed by atoms with Gasteiger partial charge in [-0.2, -0.15) is 0 Å². The number of benzene rings is 1. The quantitative estimate of drug-likeness (QED) is 0.612. The second kappa shape index (κ2) is 7.43. The van der Waals surface area contributed by atoms with Gasteiger partial charge in [0.1, 0.15) is 0 Å². The van der Waals surface area contributed by atoms with Crippen LogP contribution in [0, 0.1) is 23.0 Å². The SMILES string of the molecule is Cc1ccc(CCC2CCN(c3ncccc3[N+](=O)[O-])CC2)cc1. The first-order valence-corrected chi connectivity index (χ1v) is 8.53. The number of aromatic nitrogens is 1. The van der Waals surface area contributed by atoms with Crippen LogP contribution in [0.1, 0.15) is 30.4 Å². The normalized spacial score (nSPS) is 15.5. The molecule has 2 aromatic rings. The molecule has 1 aliphatic rings. The lowest BCUT2D eigenvalue weighted by atomic mass is 9.90. The lowest BCUT2D eigenvalue weighted by molar-refractivity contribution is -0.384. The molecule has 24 heavy (non-hydrogen) atoms. The third kappa shape index (κ3) is 3.91. The van der Waals surface area contributed by atoms with Crippen molar-refractivity contribution in [2.45, 2.75) is 32.6 Å². The topological polar surface area (TPSA) is 59.3 Å². The smallest absolute Gasteiger partial charge is 0.311 e. The lowest BCUT2D eigenvalue weighted by Crippen LogP contribution is -2.34. The lowest BCUT2D eigenvalue weighted by Gasteiger charge is -2.32. The van der Waals surface area contributed by atoms with E-state index in [2.05, 4.69) is 41.1 Å². The van der Waals surface area contributed by atoms with Gasteiger partial charge in [-0.05, 0) is 50.2 Å². The largest absolute Gasteiger partial charge is 0.351 e. The van der Waals surface area contributed by atoms with Crippen LogP contribution in [0.3, 0.4) is 0 Å². The van der Waals surface area contributed by atoms with Gasteiger partial charge in [0.25, 0.3) is 0 Å². The van der Waals surface area contributed by atoms with Crippen LogP contribution in [0.25, 0.3) is 0 Å². The summed E-state index contributed by atoms with van der Waals surface area (Å²) >= 11 is 0. The Balaban J connectivity index is 1.54. The predicted molar refractivity (Wildman–Crippen MR) is 95.3 cm³/mol. The molecule has 5 nitrogen and oxygen atoms in total. The Morgan fingerprint density at radius 2 is 1.92 bits per heavy atom. The molecule has 126 valence electrons. The van der Waals surface area contributed by atoms with Crippen LogP contribution in [0.4, 0.5) is 11.5 Å². The highest BCUT2D eigenvalue weighted by atomic mass is 16.6. The summed E-state index contributed by atoms with van der Waals surface area (Å²) in [5.41, 5.74) is 2.79. The molecule has 0 amide bonds. The molecule has 1 fully saturated rings. The van der Waals surface area contributed by atoms with Crippen molar-refractivity contribution < 1.29 is 4.92 Å². The molecular formula is C19H23N3O2. The van der Waals surface area contributed by atoms with Crippen LogP contribution in [0.15, 0.2) is 42.6 Å². The molecule has 0 spiro atoms. The minimum atomic E-state index is -0.341. The highest BCUT2D eigenvalue weighted by molar-refractivity contribution is 5.57. The third-order valence-electron chi connectivity index (χ3n) is 4.84. The van der Waals surface area contributed by atoms with Crippen molar-refractivity contribution >= 4 is 11.5 Å². The molecule has 0 radical (unpaired) electrons. The van der Waals surface area contributed by atoms with Gasteiger partial charge in [-0.1, -0.05) is 29.8 Å². The average Bonchev–Trinajstić information content (AvgIpc) is 2.62. The number of piperidine rings is 1. The number of nitro groups is 1. The molecule has 0 N–H and O–H groups in total. The Morgan fingerprint density at radius 3 is 2.58 bits per heavy atom. The van der Waals surface area contributed by atoms with Crippen molar-refractivity contribution in [1.82, 2.24) is 4.98 Å². The predicted octanol–water partition coefficient (Wildman–Crippen LogP) is 4.15. The van der Waals surface area contributed by atoms with E-state index >= 15 is 0 Å². The number of pyridine rings is 1. The summed E-state index contributed by atoms with van der Waals surface area (Å²) in [6, 6.07) is 11.9. The van der Waals surface area contributed by atoms with Crippen molar-refractivity contribution in [2.75, 3.05) is 18.0 Å². The van der Waals surface area contributed by atoms with Crippen molar-refractivity contribution in [3.05, 3.63) is 63.8 Å². The molecule has 3 rings (SSSR count). The molecule has 0 atom stereocenters. The molecule has 0 aliphatic carbocycles. The second-order valence-electron chi connectivity index (χ2n) is 6.56. The number of nitrogens with zero attached hydrogens (tertiary/aromatic N) is 3. The molecule has 1 aromatic carbocycles. The van der Waals surface area contributed by atoms with Gasteiger partial charge in [0.15, 0.2) is 0 Å².